The van der Waals surface area contributed by atoms with Gasteiger partial charge < -0.3 is 10.0 Å². The molecule has 0 amide bonds. The predicted molar refractivity (Wildman–Crippen MR) is 68.5 cm³/mol. The lowest BCUT2D eigenvalue weighted by Crippen LogP contribution is -2.48. The van der Waals surface area contributed by atoms with E-state index >= 15 is 0 Å². The molecule has 1 aromatic rings. The summed E-state index contributed by atoms with van der Waals surface area (Å²) in [5.41, 5.74) is 0. The Morgan fingerprint density at radius 1 is 1.29 bits per heavy atom. The van der Waals surface area contributed by atoms with Crippen LogP contribution in [0.2, 0.25) is 0 Å². The zero-order valence-electron chi connectivity index (χ0n) is 9.84. The van der Waals surface area contributed by atoms with E-state index < -0.39 is 5.97 Å². The third kappa shape index (κ3) is 4.11. The van der Waals surface area contributed by atoms with Crippen LogP contribution in [-0.2, 0) is 11.2 Å². The summed E-state index contributed by atoms with van der Waals surface area (Å²) in [5, 5.41) is 10.8. The van der Waals surface area contributed by atoms with Crippen molar-refractivity contribution < 1.29 is 9.90 Å². The van der Waals surface area contributed by atoms with Gasteiger partial charge in [0.05, 0.1) is 6.54 Å². The molecule has 0 saturated carbocycles. The van der Waals surface area contributed by atoms with Crippen molar-refractivity contribution in [2.24, 2.45) is 0 Å². The number of carboxylic acids is 1. The third-order valence-corrected chi connectivity index (χ3v) is 4.01. The number of thiophene rings is 1. The molecule has 0 unspecified atom stereocenters. The standard InChI is InChI=1S/C12H18N2O2S/c15-12(16)10-14-7-5-13(6-8-14)4-3-11-2-1-9-17-11/h1-2,9H,3-8,10H2,(H,15,16). The average Bonchev–Trinajstić information content (AvgIpc) is 2.80. The number of piperazine rings is 1. The Hall–Kier alpha value is -0.910. The molecular formula is C12H18N2O2S. The fraction of sp³-hybridized carbons (Fsp3) is 0.583. The summed E-state index contributed by atoms with van der Waals surface area (Å²) >= 11 is 1.81. The summed E-state index contributed by atoms with van der Waals surface area (Å²) in [6.45, 7) is 4.98. The molecule has 17 heavy (non-hydrogen) atoms. The van der Waals surface area contributed by atoms with Gasteiger partial charge >= 0.3 is 5.97 Å². The number of carboxylic acid groups (broad SMARTS) is 1. The van der Waals surface area contributed by atoms with Gasteiger partial charge in [-0.15, -0.1) is 11.3 Å². The lowest BCUT2D eigenvalue weighted by Gasteiger charge is -2.33. The van der Waals surface area contributed by atoms with Crippen LogP contribution in [0.15, 0.2) is 17.5 Å². The van der Waals surface area contributed by atoms with E-state index in [1.165, 1.54) is 4.88 Å². The van der Waals surface area contributed by atoms with E-state index in [1.807, 2.05) is 4.90 Å². The van der Waals surface area contributed by atoms with Crippen LogP contribution in [0.3, 0.4) is 0 Å². The Bertz CT molecular complexity index is 345. The fourth-order valence-corrected chi connectivity index (χ4v) is 2.78. The Morgan fingerprint density at radius 2 is 2.00 bits per heavy atom. The quantitative estimate of drug-likeness (QED) is 0.851. The van der Waals surface area contributed by atoms with E-state index in [9.17, 15) is 4.79 Å². The van der Waals surface area contributed by atoms with Crippen LogP contribution in [0.1, 0.15) is 4.88 Å². The molecule has 0 atom stereocenters. The predicted octanol–water partition coefficient (Wildman–Crippen LogP) is 0.993. The maximum absolute atomic E-state index is 10.6. The molecule has 0 aromatic carbocycles. The molecule has 0 spiro atoms. The minimum Gasteiger partial charge on any atom is -0.480 e. The fourth-order valence-electron chi connectivity index (χ4n) is 2.09. The normalized spacial score (nSPS) is 18.4. The first-order valence-corrected chi connectivity index (χ1v) is 6.81. The van der Waals surface area contributed by atoms with Gasteiger partial charge in [0.2, 0.25) is 0 Å². The summed E-state index contributed by atoms with van der Waals surface area (Å²) in [5.74, 6) is -0.725. The van der Waals surface area contributed by atoms with Gasteiger partial charge in [0.1, 0.15) is 0 Å². The van der Waals surface area contributed by atoms with E-state index in [4.69, 9.17) is 5.11 Å². The summed E-state index contributed by atoms with van der Waals surface area (Å²) in [4.78, 5) is 16.4. The van der Waals surface area contributed by atoms with Gasteiger partial charge in [-0.05, 0) is 17.9 Å². The third-order valence-electron chi connectivity index (χ3n) is 3.08. The van der Waals surface area contributed by atoms with Gasteiger partial charge in [-0.25, -0.2) is 0 Å². The van der Waals surface area contributed by atoms with Crippen molar-refractivity contribution in [1.82, 2.24) is 9.80 Å². The SMILES string of the molecule is O=C(O)CN1CCN(CCc2cccs2)CC1. The van der Waals surface area contributed by atoms with Gasteiger partial charge in [-0.1, -0.05) is 6.07 Å². The molecule has 1 saturated heterocycles. The van der Waals surface area contributed by atoms with Gasteiger partial charge in [-0.2, -0.15) is 0 Å². The number of nitrogens with zero attached hydrogens (tertiary/aromatic N) is 2. The molecule has 1 aliphatic rings. The van der Waals surface area contributed by atoms with Crippen LogP contribution >= 0.6 is 11.3 Å². The Balaban J connectivity index is 1.67. The second kappa shape index (κ2) is 6.14. The number of aliphatic carboxylic acids is 1. The molecule has 2 rings (SSSR count). The average molecular weight is 254 g/mol. The van der Waals surface area contributed by atoms with Crippen LogP contribution in [0.4, 0.5) is 0 Å². The van der Waals surface area contributed by atoms with Crippen LogP contribution in [0.5, 0.6) is 0 Å². The molecular weight excluding hydrogens is 236 g/mol. The Morgan fingerprint density at radius 3 is 2.59 bits per heavy atom. The minimum absolute atomic E-state index is 0.179. The zero-order valence-corrected chi connectivity index (χ0v) is 10.7. The van der Waals surface area contributed by atoms with E-state index in [0.717, 1.165) is 39.1 Å². The van der Waals surface area contributed by atoms with Crippen molar-refractivity contribution >= 4 is 17.3 Å². The first-order chi connectivity index (χ1) is 8.24. The second-order valence-corrected chi connectivity index (χ2v) is 5.37. The molecule has 94 valence electrons. The van der Waals surface area contributed by atoms with Crippen molar-refractivity contribution in [1.29, 1.82) is 0 Å². The van der Waals surface area contributed by atoms with Crippen molar-refractivity contribution in [3.63, 3.8) is 0 Å². The van der Waals surface area contributed by atoms with E-state index in [1.54, 1.807) is 11.3 Å². The van der Waals surface area contributed by atoms with Crippen molar-refractivity contribution in [3.8, 4) is 0 Å². The lowest BCUT2D eigenvalue weighted by molar-refractivity contribution is -0.138. The van der Waals surface area contributed by atoms with Crippen molar-refractivity contribution in [2.45, 2.75) is 6.42 Å². The molecule has 4 nitrogen and oxygen atoms in total. The molecule has 0 bridgehead atoms. The molecule has 0 aliphatic carbocycles. The van der Waals surface area contributed by atoms with E-state index in [2.05, 4.69) is 22.4 Å². The highest BCUT2D eigenvalue weighted by Crippen LogP contribution is 2.10. The first-order valence-electron chi connectivity index (χ1n) is 5.93. The number of hydrogen-bond donors (Lipinski definition) is 1. The summed E-state index contributed by atoms with van der Waals surface area (Å²) < 4.78 is 0. The van der Waals surface area contributed by atoms with Gasteiger partial charge in [0.15, 0.2) is 0 Å². The van der Waals surface area contributed by atoms with Crippen LogP contribution in [-0.4, -0.2) is 60.1 Å². The highest BCUT2D eigenvalue weighted by molar-refractivity contribution is 7.09. The second-order valence-electron chi connectivity index (χ2n) is 4.34. The van der Waals surface area contributed by atoms with Crippen LogP contribution in [0.25, 0.3) is 0 Å². The van der Waals surface area contributed by atoms with Crippen LogP contribution < -0.4 is 0 Å². The number of carbonyl (C=O) groups is 1. The Kier molecular flexibility index (Phi) is 4.53. The lowest BCUT2D eigenvalue weighted by atomic mass is 10.2. The highest BCUT2D eigenvalue weighted by Gasteiger charge is 2.18. The molecule has 0 radical (unpaired) electrons. The summed E-state index contributed by atoms with van der Waals surface area (Å²) in [6.07, 6.45) is 1.11. The number of hydrogen-bond acceptors (Lipinski definition) is 4. The summed E-state index contributed by atoms with van der Waals surface area (Å²) in [7, 11) is 0. The molecule has 1 fully saturated rings. The molecule has 1 N–H and O–H groups in total. The first kappa shape index (κ1) is 12.5. The number of rotatable bonds is 5. The summed E-state index contributed by atoms with van der Waals surface area (Å²) in [6, 6.07) is 4.26. The van der Waals surface area contributed by atoms with Gasteiger partial charge in [0.25, 0.3) is 0 Å². The van der Waals surface area contributed by atoms with E-state index in [0.29, 0.717) is 0 Å². The highest BCUT2D eigenvalue weighted by atomic mass is 32.1. The Labute approximate surface area is 105 Å². The molecule has 1 aromatic heterocycles. The van der Waals surface area contributed by atoms with Gasteiger partial charge in [-0.3, -0.25) is 9.69 Å². The van der Waals surface area contributed by atoms with E-state index in [-0.39, 0.29) is 6.54 Å². The van der Waals surface area contributed by atoms with Crippen molar-refractivity contribution in [2.75, 3.05) is 39.3 Å². The van der Waals surface area contributed by atoms with Crippen molar-refractivity contribution in [3.05, 3.63) is 22.4 Å². The monoisotopic (exact) mass is 254 g/mol. The molecule has 1 aliphatic heterocycles. The molecule has 2 heterocycles. The van der Waals surface area contributed by atoms with Gasteiger partial charge in [0, 0.05) is 37.6 Å². The molecule has 5 heteroatoms. The maximum atomic E-state index is 10.6. The van der Waals surface area contributed by atoms with Crippen LogP contribution in [0, 0.1) is 0 Å². The maximum Gasteiger partial charge on any atom is 0.317 e. The zero-order chi connectivity index (χ0) is 12.1. The smallest absolute Gasteiger partial charge is 0.317 e. The largest absolute Gasteiger partial charge is 0.480 e. The topological polar surface area (TPSA) is 43.8 Å². The minimum atomic E-state index is -0.725.